The molecule has 2 aromatic carbocycles. The van der Waals surface area contributed by atoms with E-state index in [4.69, 9.17) is 0 Å². The Kier molecular flexibility index (Phi) is 5.13. The van der Waals surface area contributed by atoms with E-state index in [-0.39, 0.29) is 29.4 Å². The molecule has 0 aliphatic carbocycles. The number of carbonyl (C=O) groups excluding carboxylic acids is 2. The first-order valence-corrected chi connectivity index (χ1v) is 9.68. The Bertz CT molecular complexity index is 900. The number of likely N-dealkylation sites (tertiary alicyclic amines) is 1. The summed E-state index contributed by atoms with van der Waals surface area (Å²) in [5, 5.41) is 6.01. The first-order valence-electron chi connectivity index (χ1n) is 9.68. The molecule has 0 saturated carbocycles. The van der Waals surface area contributed by atoms with Crippen molar-refractivity contribution in [2.45, 2.75) is 31.8 Å². The standard InChI is InChI=1S/C22H24FN3O2/c1-26-19(27)10-8-17(21(26)14-5-3-2-4-6-14)22(28)25-18-9-7-15-13-24-12-11-16(15)20(18)23/h2-7,9,17,21,24H,8,10-13H2,1H3,(H,25,28). The minimum atomic E-state index is -0.429. The van der Waals surface area contributed by atoms with Gasteiger partial charge in [-0.05, 0) is 42.1 Å². The number of piperidine rings is 1. The van der Waals surface area contributed by atoms with E-state index in [1.165, 1.54) is 0 Å². The summed E-state index contributed by atoms with van der Waals surface area (Å²) >= 11 is 0. The van der Waals surface area contributed by atoms with E-state index in [1.807, 2.05) is 36.4 Å². The Morgan fingerprint density at radius 1 is 1.18 bits per heavy atom. The quantitative estimate of drug-likeness (QED) is 0.859. The van der Waals surface area contributed by atoms with Crippen LogP contribution in [0.15, 0.2) is 42.5 Å². The molecule has 0 bridgehead atoms. The molecule has 2 heterocycles. The van der Waals surface area contributed by atoms with E-state index in [0.717, 1.165) is 17.7 Å². The molecule has 0 aromatic heterocycles. The van der Waals surface area contributed by atoms with Crippen LogP contribution in [0.5, 0.6) is 0 Å². The Balaban J connectivity index is 1.60. The fourth-order valence-corrected chi connectivity index (χ4v) is 4.27. The van der Waals surface area contributed by atoms with Crippen molar-refractivity contribution < 1.29 is 14.0 Å². The summed E-state index contributed by atoms with van der Waals surface area (Å²) in [6, 6.07) is 12.7. The molecule has 0 spiro atoms. The number of nitrogens with one attached hydrogen (secondary N) is 2. The number of hydrogen-bond donors (Lipinski definition) is 2. The van der Waals surface area contributed by atoms with Crippen molar-refractivity contribution in [3.63, 3.8) is 0 Å². The van der Waals surface area contributed by atoms with Gasteiger partial charge in [-0.1, -0.05) is 36.4 Å². The number of benzene rings is 2. The largest absolute Gasteiger partial charge is 0.338 e. The van der Waals surface area contributed by atoms with Gasteiger partial charge in [-0.2, -0.15) is 0 Å². The molecular formula is C22H24FN3O2. The summed E-state index contributed by atoms with van der Waals surface area (Å²) in [7, 11) is 1.73. The normalized spacial score (nSPS) is 21.9. The number of fused-ring (bicyclic) bond motifs is 1. The minimum absolute atomic E-state index is 0.0189. The number of carbonyl (C=O) groups is 2. The number of amides is 2. The lowest BCUT2D eigenvalue weighted by Gasteiger charge is -2.38. The van der Waals surface area contributed by atoms with Crippen LogP contribution in [0.4, 0.5) is 10.1 Å². The maximum Gasteiger partial charge on any atom is 0.230 e. The smallest absolute Gasteiger partial charge is 0.230 e. The van der Waals surface area contributed by atoms with Crippen molar-refractivity contribution >= 4 is 17.5 Å². The van der Waals surface area contributed by atoms with E-state index in [1.54, 1.807) is 18.0 Å². The number of anilines is 1. The Labute approximate surface area is 163 Å². The van der Waals surface area contributed by atoms with Crippen molar-refractivity contribution in [3.05, 3.63) is 65.0 Å². The highest BCUT2D eigenvalue weighted by molar-refractivity contribution is 5.95. The van der Waals surface area contributed by atoms with Crippen molar-refractivity contribution in [1.82, 2.24) is 10.2 Å². The van der Waals surface area contributed by atoms with E-state index in [0.29, 0.717) is 31.4 Å². The zero-order valence-electron chi connectivity index (χ0n) is 15.9. The summed E-state index contributed by atoms with van der Waals surface area (Å²) in [5.41, 5.74) is 2.74. The van der Waals surface area contributed by atoms with Crippen LogP contribution in [-0.4, -0.2) is 30.3 Å². The minimum Gasteiger partial charge on any atom is -0.338 e. The predicted molar refractivity (Wildman–Crippen MR) is 105 cm³/mol. The van der Waals surface area contributed by atoms with Crippen LogP contribution >= 0.6 is 0 Å². The van der Waals surface area contributed by atoms with Gasteiger partial charge >= 0.3 is 0 Å². The zero-order valence-corrected chi connectivity index (χ0v) is 15.9. The average Bonchev–Trinajstić information content (AvgIpc) is 2.72. The summed E-state index contributed by atoms with van der Waals surface area (Å²) in [5.74, 6) is -1.00. The zero-order chi connectivity index (χ0) is 19.7. The highest BCUT2D eigenvalue weighted by Gasteiger charge is 2.39. The molecule has 4 rings (SSSR count). The van der Waals surface area contributed by atoms with Gasteiger partial charge in [0.25, 0.3) is 0 Å². The Hall–Kier alpha value is -2.73. The second-order valence-corrected chi connectivity index (χ2v) is 7.49. The van der Waals surface area contributed by atoms with E-state index in [2.05, 4.69) is 10.6 Å². The predicted octanol–water partition coefficient (Wildman–Crippen LogP) is 3.02. The molecule has 2 atom stereocenters. The third-order valence-corrected chi connectivity index (χ3v) is 5.80. The molecule has 1 saturated heterocycles. The van der Waals surface area contributed by atoms with E-state index >= 15 is 0 Å². The molecule has 2 unspecified atom stereocenters. The highest BCUT2D eigenvalue weighted by Crippen LogP contribution is 2.36. The van der Waals surface area contributed by atoms with E-state index in [9.17, 15) is 14.0 Å². The van der Waals surface area contributed by atoms with Crippen LogP contribution in [0.1, 0.15) is 35.6 Å². The fourth-order valence-electron chi connectivity index (χ4n) is 4.27. The van der Waals surface area contributed by atoms with E-state index < -0.39 is 5.92 Å². The van der Waals surface area contributed by atoms with Gasteiger partial charge in [0, 0.05) is 20.0 Å². The number of rotatable bonds is 3. The number of nitrogens with zero attached hydrogens (tertiary/aromatic N) is 1. The molecule has 146 valence electrons. The average molecular weight is 381 g/mol. The molecule has 1 fully saturated rings. The van der Waals surface area contributed by atoms with Gasteiger partial charge in [0.1, 0.15) is 5.82 Å². The molecular weight excluding hydrogens is 357 g/mol. The van der Waals surface area contributed by atoms with Crippen molar-refractivity contribution in [2.75, 3.05) is 18.9 Å². The molecule has 2 aliphatic heterocycles. The van der Waals surface area contributed by atoms with Crippen LogP contribution in [0.2, 0.25) is 0 Å². The lowest BCUT2D eigenvalue weighted by molar-refractivity contribution is -0.140. The summed E-state index contributed by atoms with van der Waals surface area (Å²) in [6.07, 6.45) is 1.37. The molecule has 2 N–H and O–H groups in total. The van der Waals surface area contributed by atoms with Crippen LogP contribution in [0.3, 0.4) is 0 Å². The van der Waals surface area contributed by atoms with Gasteiger partial charge in [0.2, 0.25) is 11.8 Å². The van der Waals surface area contributed by atoms with Crippen LogP contribution in [0, 0.1) is 11.7 Å². The maximum absolute atomic E-state index is 14.9. The first-order chi connectivity index (χ1) is 13.6. The van der Waals surface area contributed by atoms with Crippen molar-refractivity contribution in [1.29, 1.82) is 0 Å². The van der Waals surface area contributed by atoms with Crippen LogP contribution in [-0.2, 0) is 22.6 Å². The second kappa shape index (κ2) is 7.72. The summed E-state index contributed by atoms with van der Waals surface area (Å²) in [4.78, 5) is 27.0. The molecule has 0 radical (unpaired) electrons. The SMILES string of the molecule is CN1C(=O)CCC(C(=O)Nc2ccc3c(c2F)CCNC3)C1c1ccccc1. The van der Waals surface area contributed by atoms with Crippen molar-refractivity contribution in [3.8, 4) is 0 Å². The monoisotopic (exact) mass is 381 g/mol. The molecule has 6 heteroatoms. The number of halogens is 1. The Morgan fingerprint density at radius 3 is 2.75 bits per heavy atom. The third-order valence-electron chi connectivity index (χ3n) is 5.80. The Morgan fingerprint density at radius 2 is 1.96 bits per heavy atom. The number of hydrogen-bond acceptors (Lipinski definition) is 3. The molecule has 2 aromatic rings. The van der Waals surface area contributed by atoms with Gasteiger partial charge in [-0.3, -0.25) is 9.59 Å². The fraction of sp³-hybridized carbons (Fsp3) is 0.364. The molecule has 28 heavy (non-hydrogen) atoms. The molecule has 2 amide bonds. The lowest BCUT2D eigenvalue weighted by atomic mass is 9.84. The van der Waals surface area contributed by atoms with Crippen molar-refractivity contribution in [2.24, 2.45) is 5.92 Å². The second-order valence-electron chi connectivity index (χ2n) is 7.49. The lowest BCUT2D eigenvalue weighted by Crippen LogP contribution is -2.44. The van der Waals surface area contributed by atoms with Gasteiger partial charge in [0.05, 0.1) is 17.6 Å². The summed E-state index contributed by atoms with van der Waals surface area (Å²) in [6.45, 7) is 1.37. The topological polar surface area (TPSA) is 61.4 Å². The van der Waals surface area contributed by atoms with Gasteiger partial charge in [0.15, 0.2) is 0 Å². The summed E-state index contributed by atoms with van der Waals surface area (Å²) < 4.78 is 14.9. The van der Waals surface area contributed by atoms with Crippen LogP contribution in [0.25, 0.3) is 0 Å². The molecule has 2 aliphatic rings. The maximum atomic E-state index is 14.9. The van der Waals surface area contributed by atoms with Gasteiger partial charge in [-0.15, -0.1) is 0 Å². The van der Waals surface area contributed by atoms with Crippen LogP contribution < -0.4 is 10.6 Å². The van der Waals surface area contributed by atoms with Gasteiger partial charge < -0.3 is 15.5 Å². The first kappa shape index (κ1) is 18.6. The third kappa shape index (κ3) is 3.40. The molecule has 5 nitrogen and oxygen atoms in total. The highest BCUT2D eigenvalue weighted by atomic mass is 19.1. The van der Waals surface area contributed by atoms with Gasteiger partial charge in [-0.25, -0.2) is 4.39 Å².